The molecule has 0 fully saturated rings. The van der Waals surface area contributed by atoms with E-state index in [1.165, 1.54) is 0 Å². The predicted molar refractivity (Wildman–Crippen MR) is 28.6 cm³/mol. The molecule has 2 nitrogen and oxygen atoms in total. The molecule has 0 aromatic heterocycles. The lowest BCUT2D eigenvalue weighted by Gasteiger charge is -1.77. The summed E-state index contributed by atoms with van der Waals surface area (Å²) in [5.41, 5.74) is 0. The molecule has 1 radical (unpaired) electrons. The zero-order valence-electron chi connectivity index (χ0n) is 3.76. The number of nitrogens with zero attached hydrogens (tertiary/aromatic N) is 1. The average Bonchev–Trinajstić information content (AvgIpc) is 1.90. The van der Waals surface area contributed by atoms with Gasteiger partial charge in [-0.3, -0.25) is 4.99 Å². The molecule has 0 amide bonds. The minimum Gasteiger partial charge on any atom is -0.366 e. The van der Waals surface area contributed by atoms with Gasteiger partial charge in [-0.2, -0.15) is 0 Å². The largest absolute Gasteiger partial charge is 0.366 e. The minimum absolute atomic E-state index is 1.64. The molecule has 1 heterocycles. The fourth-order valence-electron chi connectivity index (χ4n) is 0.307. The first-order chi connectivity index (χ1) is 3.50. The van der Waals surface area contributed by atoms with Gasteiger partial charge in [0.05, 0.1) is 0 Å². The zero-order valence-corrected chi connectivity index (χ0v) is 3.76. The van der Waals surface area contributed by atoms with Crippen molar-refractivity contribution in [2.75, 3.05) is 0 Å². The van der Waals surface area contributed by atoms with Crippen molar-refractivity contribution in [2.24, 2.45) is 4.99 Å². The van der Waals surface area contributed by atoms with Gasteiger partial charge < -0.3 is 5.32 Å². The quantitative estimate of drug-likeness (QED) is 0.462. The molecule has 0 unspecified atom stereocenters. The topological polar surface area (TPSA) is 24.4 Å². The maximum absolute atomic E-state index is 3.69. The summed E-state index contributed by atoms with van der Waals surface area (Å²) in [6.07, 6.45) is 9.50. The Morgan fingerprint density at radius 1 is 1.57 bits per heavy atom. The van der Waals surface area contributed by atoms with E-state index in [1.807, 2.05) is 0 Å². The van der Waals surface area contributed by atoms with Gasteiger partial charge in [0.1, 0.15) is 6.20 Å². The van der Waals surface area contributed by atoms with Gasteiger partial charge in [0, 0.05) is 18.6 Å². The van der Waals surface area contributed by atoms with Gasteiger partial charge >= 0.3 is 0 Å². The number of hydrogen-bond donors (Lipinski definition) is 1. The third-order valence-electron chi connectivity index (χ3n) is 0.575. The second-order valence-corrected chi connectivity index (χ2v) is 1.08. The van der Waals surface area contributed by atoms with Crippen LogP contribution in [0.2, 0.25) is 0 Å². The van der Waals surface area contributed by atoms with Crippen LogP contribution in [0.15, 0.2) is 23.5 Å². The summed E-state index contributed by atoms with van der Waals surface area (Å²) in [5.74, 6) is 0. The molecule has 0 spiro atoms. The lowest BCUT2D eigenvalue weighted by molar-refractivity contribution is 1.18. The number of nitrogens with one attached hydrogen (secondary N) is 1. The van der Waals surface area contributed by atoms with E-state index >= 15 is 0 Å². The standard InChI is InChI=1S/C5H5N2/c1-2-6-4-5-7-3-1/h1-4,6H. The van der Waals surface area contributed by atoms with Crippen LogP contribution < -0.4 is 5.32 Å². The Kier molecular flexibility index (Phi) is 1.28. The summed E-state index contributed by atoms with van der Waals surface area (Å²) >= 11 is 0. The number of rotatable bonds is 0. The SMILES string of the molecule is [C]1=CNC=CC=N1. The summed E-state index contributed by atoms with van der Waals surface area (Å²) < 4.78 is 0. The van der Waals surface area contributed by atoms with Crippen LogP contribution in [0.5, 0.6) is 0 Å². The molecule has 1 aliphatic heterocycles. The summed E-state index contributed by atoms with van der Waals surface area (Å²) in [7, 11) is 0. The molecule has 0 aromatic rings. The van der Waals surface area contributed by atoms with E-state index in [0.717, 1.165) is 0 Å². The van der Waals surface area contributed by atoms with E-state index in [1.54, 1.807) is 24.7 Å². The van der Waals surface area contributed by atoms with Crippen molar-refractivity contribution < 1.29 is 0 Å². The first-order valence-corrected chi connectivity index (χ1v) is 2.01. The minimum atomic E-state index is 1.64. The average molecular weight is 93.1 g/mol. The molecule has 0 saturated heterocycles. The smallest absolute Gasteiger partial charge is 0.106 e. The van der Waals surface area contributed by atoms with Crippen LogP contribution in [-0.2, 0) is 0 Å². The summed E-state index contributed by atoms with van der Waals surface area (Å²) in [5, 5.41) is 2.81. The van der Waals surface area contributed by atoms with E-state index in [0.29, 0.717) is 0 Å². The first-order valence-electron chi connectivity index (χ1n) is 2.01. The van der Waals surface area contributed by atoms with E-state index < -0.39 is 0 Å². The third-order valence-corrected chi connectivity index (χ3v) is 0.575. The zero-order chi connectivity index (χ0) is 4.95. The second-order valence-electron chi connectivity index (χ2n) is 1.08. The van der Waals surface area contributed by atoms with Gasteiger partial charge in [0.2, 0.25) is 0 Å². The maximum Gasteiger partial charge on any atom is 0.106 e. The second kappa shape index (κ2) is 2.18. The third kappa shape index (κ3) is 1.22. The highest BCUT2D eigenvalue weighted by Crippen LogP contribution is 1.74. The van der Waals surface area contributed by atoms with Crippen LogP contribution in [0.4, 0.5) is 0 Å². The molecule has 7 heavy (non-hydrogen) atoms. The Bertz CT molecular complexity index is 108. The highest BCUT2D eigenvalue weighted by Gasteiger charge is 1.69. The molecular formula is C5H5N2. The van der Waals surface area contributed by atoms with Crippen LogP contribution in [0, 0.1) is 6.20 Å². The predicted octanol–water partition coefficient (Wildman–Crippen LogP) is 0.448. The molecule has 0 bridgehead atoms. The lowest BCUT2D eigenvalue weighted by Crippen LogP contribution is -1.87. The van der Waals surface area contributed by atoms with E-state index in [2.05, 4.69) is 16.5 Å². The maximum atomic E-state index is 3.69. The molecule has 1 rings (SSSR count). The normalized spacial score (nSPS) is 16.0. The Balaban J connectivity index is 2.60. The van der Waals surface area contributed by atoms with Crippen molar-refractivity contribution in [2.45, 2.75) is 0 Å². The van der Waals surface area contributed by atoms with Gasteiger partial charge in [-0.15, -0.1) is 0 Å². The van der Waals surface area contributed by atoms with Crippen molar-refractivity contribution in [1.29, 1.82) is 0 Å². The molecule has 0 atom stereocenters. The van der Waals surface area contributed by atoms with E-state index in [-0.39, 0.29) is 0 Å². The van der Waals surface area contributed by atoms with Gasteiger partial charge in [0.25, 0.3) is 0 Å². The molecule has 2 heteroatoms. The fourth-order valence-corrected chi connectivity index (χ4v) is 0.307. The molecule has 0 aromatic carbocycles. The molecule has 0 saturated carbocycles. The van der Waals surface area contributed by atoms with E-state index in [9.17, 15) is 0 Å². The van der Waals surface area contributed by atoms with Gasteiger partial charge in [0.15, 0.2) is 0 Å². The highest BCUT2D eigenvalue weighted by molar-refractivity contribution is 5.71. The van der Waals surface area contributed by atoms with Crippen LogP contribution in [0.3, 0.4) is 0 Å². The van der Waals surface area contributed by atoms with Gasteiger partial charge in [-0.25, -0.2) is 0 Å². The van der Waals surface area contributed by atoms with Crippen LogP contribution >= 0.6 is 0 Å². The van der Waals surface area contributed by atoms with Crippen LogP contribution in [-0.4, -0.2) is 6.21 Å². The van der Waals surface area contributed by atoms with Crippen molar-refractivity contribution in [3.8, 4) is 0 Å². The Hall–Kier alpha value is -1.05. The molecule has 1 N–H and O–H groups in total. The number of hydrogen-bond acceptors (Lipinski definition) is 2. The van der Waals surface area contributed by atoms with Crippen molar-refractivity contribution >= 4 is 6.21 Å². The van der Waals surface area contributed by atoms with Crippen molar-refractivity contribution in [3.63, 3.8) is 0 Å². The monoisotopic (exact) mass is 93.0 g/mol. The Labute approximate surface area is 42.3 Å². The first kappa shape index (κ1) is 4.12. The molecular weight excluding hydrogens is 88.1 g/mol. The summed E-state index contributed by atoms with van der Waals surface area (Å²) in [6, 6.07) is 0. The molecule has 35 valence electrons. The van der Waals surface area contributed by atoms with E-state index in [4.69, 9.17) is 0 Å². The number of aliphatic imine (C=N–C) groups is 1. The number of allylic oxidation sites excluding steroid dienone is 1. The van der Waals surface area contributed by atoms with Gasteiger partial charge in [-0.1, -0.05) is 0 Å². The Morgan fingerprint density at radius 2 is 2.57 bits per heavy atom. The van der Waals surface area contributed by atoms with Crippen LogP contribution in [0.25, 0.3) is 0 Å². The van der Waals surface area contributed by atoms with Crippen molar-refractivity contribution in [3.05, 3.63) is 24.7 Å². The Morgan fingerprint density at radius 3 is 3.57 bits per heavy atom. The van der Waals surface area contributed by atoms with Crippen LogP contribution in [0.1, 0.15) is 0 Å². The van der Waals surface area contributed by atoms with Gasteiger partial charge in [-0.05, 0) is 6.08 Å². The summed E-state index contributed by atoms with van der Waals surface area (Å²) in [6.45, 7) is 0. The fraction of sp³-hybridized carbons (Fsp3) is 0. The molecule has 1 aliphatic rings. The molecule has 0 aliphatic carbocycles. The lowest BCUT2D eigenvalue weighted by atomic mass is 10.7. The van der Waals surface area contributed by atoms with Crippen molar-refractivity contribution in [1.82, 2.24) is 5.32 Å². The summed E-state index contributed by atoms with van der Waals surface area (Å²) in [4.78, 5) is 3.69. The highest BCUT2D eigenvalue weighted by atomic mass is 14.8.